The fourth-order valence-electron chi connectivity index (χ4n) is 3.20. The summed E-state index contributed by atoms with van der Waals surface area (Å²) >= 11 is 5.53. The second-order valence-corrected chi connectivity index (χ2v) is 4.36. The zero-order valence-electron chi connectivity index (χ0n) is 7.11. The van der Waals surface area contributed by atoms with E-state index < -0.39 is 0 Å². The van der Waals surface area contributed by atoms with Gasteiger partial charge in [-0.3, -0.25) is 4.79 Å². The molecule has 3 nitrogen and oxygen atoms in total. The average molecular weight is 203 g/mol. The molecule has 0 amide bonds. The van der Waals surface area contributed by atoms with Gasteiger partial charge in [-0.25, -0.2) is 0 Å². The van der Waals surface area contributed by atoms with Crippen LogP contribution in [0.2, 0.25) is 0 Å². The highest BCUT2D eigenvalue weighted by Gasteiger charge is 2.62. The molecule has 2 aliphatic carbocycles. The van der Waals surface area contributed by atoms with Gasteiger partial charge in [0, 0.05) is 5.92 Å². The summed E-state index contributed by atoms with van der Waals surface area (Å²) in [5.74, 6) is 1.08. The molecule has 1 aliphatic heterocycles. The number of hydrogen-bond acceptors (Lipinski definition) is 3. The maximum absolute atomic E-state index is 11.3. The Morgan fingerprint density at radius 3 is 3.15 bits per heavy atom. The molecule has 0 aromatic carbocycles. The van der Waals surface area contributed by atoms with Crippen molar-refractivity contribution >= 4 is 17.6 Å². The van der Waals surface area contributed by atoms with E-state index in [-0.39, 0.29) is 30.2 Å². The van der Waals surface area contributed by atoms with E-state index in [4.69, 9.17) is 21.1 Å². The van der Waals surface area contributed by atoms with Crippen LogP contribution in [0.25, 0.3) is 0 Å². The van der Waals surface area contributed by atoms with Crippen LogP contribution in [0.1, 0.15) is 12.8 Å². The van der Waals surface area contributed by atoms with Gasteiger partial charge in [0.05, 0.1) is 12.0 Å². The lowest BCUT2D eigenvalue weighted by Crippen LogP contribution is -2.33. The van der Waals surface area contributed by atoms with Crippen LogP contribution in [-0.4, -0.2) is 24.2 Å². The predicted octanol–water partition coefficient (Wildman–Crippen LogP) is 1.15. The van der Waals surface area contributed by atoms with Crippen LogP contribution in [0.15, 0.2) is 0 Å². The largest absolute Gasteiger partial charge is 0.459 e. The van der Waals surface area contributed by atoms with Crippen LogP contribution in [0.3, 0.4) is 0 Å². The molecule has 5 atom stereocenters. The molecule has 1 saturated heterocycles. The van der Waals surface area contributed by atoms with E-state index >= 15 is 0 Å². The van der Waals surface area contributed by atoms with Crippen molar-refractivity contribution < 1.29 is 14.3 Å². The second kappa shape index (κ2) is 2.61. The molecule has 2 saturated carbocycles. The second-order valence-electron chi connectivity index (χ2n) is 4.14. The fraction of sp³-hybridized carbons (Fsp3) is 0.889. The molecule has 2 bridgehead atoms. The molecule has 0 radical (unpaired) electrons. The number of esters is 1. The molecule has 3 fully saturated rings. The molecule has 72 valence electrons. The lowest BCUT2D eigenvalue weighted by molar-refractivity contribution is -0.146. The van der Waals surface area contributed by atoms with E-state index in [2.05, 4.69) is 0 Å². The molecular weight excluding hydrogens is 192 g/mol. The van der Waals surface area contributed by atoms with E-state index in [9.17, 15) is 4.79 Å². The van der Waals surface area contributed by atoms with Gasteiger partial charge in [-0.15, -0.1) is 0 Å². The summed E-state index contributed by atoms with van der Waals surface area (Å²) in [6, 6.07) is 0.201. The summed E-state index contributed by atoms with van der Waals surface area (Å²) in [6.07, 6.45) is 2.12. The molecule has 5 unspecified atom stereocenters. The first-order valence-electron chi connectivity index (χ1n) is 4.69. The number of fused-ring (bicyclic) bond motifs is 1. The standard InChI is InChI=1S/C9H11ClO3/c10-3-12-7-4-1-5-6(2-4)9(11)13-8(5)7/h4-8H,1-3H2. The Kier molecular flexibility index (Phi) is 1.62. The Morgan fingerprint density at radius 2 is 2.38 bits per heavy atom. The Morgan fingerprint density at radius 1 is 1.54 bits per heavy atom. The van der Waals surface area contributed by atoms with Gasteiger partial charge in [-0.1, -0.05) is 11.6 Å². The number of alkyl halides is 1. The topological polar surface area (TPSA) is 35.5 Å². The molecule has 3 aliphatic rings. The fourth-order valence-corrected chi connectivity index (χ4v) is 3.35. The number of hydrogen-bond donors (Lipinski definition) is 0. The van der Waals surface area contributed by atoms with Gasteiger partial charge in [-0.2, -0.15) is 0 Å². The lowest BCUT2D eigenvalue weighted by Gasteiger charge is -2.24. The summed E-state index contributed by atoms with van der Waals surface area (Å²) in [4.78, 5) is 11.3. The summed E-state index contributed by atoms with van der Waals surface area (Å²) in [7, 11) is 0. The molecule has 0 N–H and O–H groups in total. The van der Waals surface area contributed by atoms with Crippen LogP contribution in [0.4, 0.5) is 0 Å². The first kappa shape index (κ1) is 8.06. The SMILES string of the molecule is O=C1OC2C3CC(CC13)C2OCCl. The van der Waals surface area contributed by atoms with Crippen LogP contribution in [-0.2, 0) is 14.3 Å². The zero-order valence-corrected chi connectivity index (χ0v) is 7.87. The highest BCUT2D eigenvalue weighted by molar-refractivity contribution is 6.17. The number of carbonyl (C=O) groups excluding carboxylic acids is 1. The summed E-state index contributed by atoms with van der Waals surface area (Å²) in [5.41, 5.74) is 0. The van der Waals surface area contributed by atoms with E-state index in [1.807, 2.05) is 0 Å². The number of carbonyl (C=O) groups is 1. The first-order chi connectivity index (χ1) is 6.31. The van der Waals surface area contributed by atoms with Crippen LogP contribution < -0.4 is 0 Å². The summed E-state index contributed by atoms with van der Waals surface area (Å²) in [6.45, 7) is 0. The Bertz CT molecular complexity index is 255. The zero-order chi connectivity index (χ0) is 9.00. The van der Waals surface area contributed by atoms with Crippen molar-refractivity contribution in [3.63, 3.8) is 0 Å². The van der Waals surface area contributed by atoms with Crippen LogP contribution in [0, 0.1) is 17.8 Å². The lowest BCUT2D eigenvalue weighted by atomic mass is 9.88. The quantitative estimate of drug-likeness (QED) is 0.498. The van der Waals surface area contributed by atoms with E-state index in [1.54, 1.807) is 0 Å². The maximum Gasteiger partial charge on any atom is 0.309 e. The minimum Gasteiger partial charge on any atom is -0.459 e. The van der Waals surface area contributed by atoms with Crippen molar-refractivity contribution in [3.05, 3.63) is 0 Å². The van der Waals surface area contributed by atoms with Gasteiger partial charge in [0.15, 0.2) is 0 Å². The minimum atomic E-state index is -0.0156. The van der Waals surface area contributed by atoms with Gasteiger partial charge in [-0.05, 0) is 18.8 Å². The molecule has 0 aromatic rings. The molecule has 4 heteroatoms. The van der Waals surface area contributed by atoms with Crippen molar-refractivity contribution in [3.8, 4) is 0 Å². The Hall–Kier alpha value is -0.280. The summed E-state index contributed by atoms with van der Waals surface area (Å²) < 4.78 is 10.7. The third kappa shape index (κ3) is 0.919. The highest BCUT2D eigenvalue weighted by Crippen LogP contribution is 2.55. The van der Waals surface area contributed by atoms with Crippen LogP contribution in [0.5, 0.6) is 0 Å². The number of rotatable bonds is 2. The van der Waals surface area contributed by atoms with Gasteiger partial charge >= 0.3 is 5.97 Å². The first-order valence-corrected chi connectivity index (χ1v) is 5.23. The van der Waals surface area contributed by atoms with Gasteiger partial charge in [0.2, 0.25) is 0 Å². The number of halogens is 1. The average Bonchev–Trinajstić information content (AvgIpc) is 2.69. The van der Waals surface area contributed by atoms with Crippen molar-refractivity contribution in [1.82, 2.24) is 0 Å². The van der Waals surface area contributed by atoms with Crippen LogP contribution >= 0.6 is 11.6 Å². The normalized spacial score (nSPS) is 51.5. The Labute approximate surface area is 81.3 Å². The smallest absolute Gasteiger partial charge is 0.309 e. The molecule has 0 spiro atoms. The minimum absolute atomic E-state index is 0.00926. The summed E-state index contributed by atoms with van der Waals surface area (Å²) in [5, 5.41) is 0. The van der Waals surface area contributed by atoms with Gasteiger partial charge < -0.3 is 9.47 Å². The molecule has 1 heterocycles. The number of ether oxygens (including phenoxy) is 2. The molecule has 13 heavy (non-hydrogen) atoms. The monoisotopic (exact) mass is 202 g/mol. The van der Waals surface area contributed by atoms with E-state index in [0.29, 0.717) is 11.8 Å². The van der Waals surface area contributed by atoms with E-state index in [1.165, 1.54) is 0 Å². The van der Waals surface area contributed by atoms with Crippen molar-refractivity contribution in [2.45, 2.75) is 25.0 Å². The third-order valence-electron chi connectivity index (χ3n) is 3.67. The third-order valence-corrected chi connectivity index (χ3v) is 3.80. The van der Waals surface area contributed by atoms with Crippen molar-refractivity contribution in [1.29, 1.82) is 0 Å². The van der Waals surface area contributed by atoms with Gasteiger partial charge in [0.1, 0.15) is 12.2 Å². The molecule has 0 aromatic heterocycles. The van der Waals surface area contributed by atoms with Gasteiger partial charge in [0.25, 0.3) is 0 Å². The van der Waals surface area contributed by atoms with Crippen molar-refractivity contribution in [2.24, 2.45) is 17.8 Å². The molecule has 3 rings (SSSR count). The van der Waals surface area contributed by atoms with E-state index in [0.717, 1.165) is 12.8 Å². The Balaban J connectivity index is 1.86. The predicted molar refractivity (Wildman–Crippen MR) is 45.2 cm³/mol. The highest BCUT2D eigenvalue weighted by atomic mass is 35.5. The molecular formula is C9H11ClO3. The maximum atomic E-state index is 11.3. The van der Waals surface area contributed by atoms with Crippen molar-refractivity contribution in [2.75, 3.05) is 6.07 Å².